The molecule has 1 aliphatic heterocycles. The third kappa shape index (κ3) is 4.09. The molecule has 1 saturated heterocycles. The van der Waals surface area contributed by atoms with Crippen LogP contribution in [0, 0.1) is 0 Å². The minimum Gasteiger partial charge on any atom is -0.369 e. The Kier molecular flexibility index (Phi) is 5.59. The maximum atomic E-state index is 12.9. The van der Waals surface area contributed by atoms with Crippen molar-refractivity contribution in [3.8, 4) is 0 Å². The Labute approximate surface area is 150 Å². The lowest BCUT2D eigenvalue weighted by Crippen LogP contribution is -2.55. The molecule has 0 bridgehead atoms. The van der Waals surface area contributed by atoms with E-state index in [1.54, 1.807) is 18.2 Å². The molecule has 1 heterocycles. The summed E-state index contributed by atoms with van der Waals surface area (Å²) in [6, 6.07) is 5.14. The van der Waals surface area contributed by atoms with Crippen LogP contribution >= 0.6 is 47.8 Å². The van der Waals surface area contributed by atoms with Crippen LogP contribution in [0.4, 0.5) is 0 Å². The summed E-state index contributed by atoms with van der Waals surface area (Å²) in [6.07, 6.45) is -0.158. The highest BCUT2D eigenvalue weighted by molar-refractivity contribution is 9.11. The van der Waals surface area contributed by atoms with Crippen LogP contribution in [0.5, 0.6) is 0 Å². The predicted molar refractivity (Wildman–Crippen MR) is 93.3 cm³/mol. The molecule has 4 nitrogen and oxygen atoms in total. The van der Waals surface area contributed by atoms with E-state index in [4.69, 9.17) is 4.74 Å². The summed E-state index contributed by atoms with van der Waals surface area (Å²) in [6.45, 7) is 4.48. The zero-order chi connectivity index (χ0) is 15.8. The minimum absolute atomic E-state index is 0.158. The van der Waals surface area contributed by atoms with Gasteiger partial charge in [0.1, 0.15) is 0 Å². The lowest BCUT2D eigenvalue weighted by molar-refractivity contribution is -0.106. The van der Waals surface area contributed by atoms with Gasteiger partial charge in [0, 0.05) is 27.4 Å². The third-order valence-electron chi connectivity index (χ3n) is 3.13. The van der Waals surface area contributed by atoms with E-state index in [0.29, 0.717) is 22.9 Å². The van der Waals surface area contributed by atoms with Crippen molar-refractivity contribution < 1.29 is 13.2 Å². The summed E-state index contributed by atoms with van der Waals surface area (Å²) >= 11 is 10.0. The molecule has 0 amide bonds. The van der Waals surface area contributed by atoms with Gasteiger partial charge in [-0.3, -0.25) is 0 Å². The number of rotatable bonds is 3. The topological polar surface area (TPSA) is 46.6 Å². The Bertz CT molecular complexity index is 634. The first-order valence-corrected chi connectivity index (χ1v) is 10.5. The summed E-state index contributed by atoms with van der Waals surface area (Å²) in [5, 5.41) is 0.599. The highest BCUT2D eigenvalue weighted by Gasteiger charge is 2.39. The van der Waals surface area contributed by atoms with Crippen molar-refractivity contribution >= 4 is 57.8 Å². The van der Waals surface area contributed by atoms with Crippen LogP contribution in [-0.4, -0.2) is 42.8 Å². The van der Waals surface area contributed by atoms with E-state index < -0.39 is 15.6 Å². The van der Waals surface area contributed by atoms with Gasteiger partial charge in [-0.2, -0.15) is 4.31 Å². The number of nitrogens with zero attached hydrogens (tertiary/aromatic N) is 1. The second-order valence-electron chi connectivity index (χ2n) is 5.53. The van der Waals surface area contributed by atoms with E-state index in [1.165, 1.54) is 4.31 Å². The SMILES string of the molecule is CC1(C)CN(S(=O)(=O)c2cc(Br)ccc2Br)CC(CBr)O1. The van der Waals surface area contributed by atoms with Crippen LogP contribution in [-0.2, 0) is 14.8 Å². The molecule has 8 heteroatoms. The van der Waals surface area contributed by atoms with Gasteiger partial charge in [0.05, 0.1) is 16.6 Å². The van der Waals surface area contributed by atoms with Crippen LogP contribution in [0.15, 0.2) is 32.0 Å². The van der Waals surface area contributed by atoms with E-state index in [-0.39, 0.29) is 11.0 Å². The molecule has 1 aromatic rings. The molecule has 1 unspecified atom stereocenters. The molecular formula is C13H16Br3NO3S. The fraction of sp³-hybridized carbons (Fsp3) is 0.538. The first-order chi connectivity index (χ1) is 9.65. The molecule has 0 aliphatic carbocycles. The molecule has 1 aliphatic rings. The number of ether oxygens (including phenoxy) is 1. The van der Waals surface area contributed by atoms with E-state index in [0.717, 1.165) is 4.47 Å². The van der Waals surface area contributed by atoms with Crippen LogP contribution in [0.2, 0.25) is 0 Å². The van der Waals surface area contributed by atoms with E-state index in [2.05, 4.69) is 47.8 Å². The molecule has 118 valence electrons. The highest BCUT2D eigenvalue weighted by atomic mass is 79.9. The van der Waals surface area contributed by atoms with Crippen molar-refractivity contribution in [2.75, 3.05) is 18.4 Å². The zero-order valence-electron chi connectivity index (χ0n) is 11.6. The molecule has 1 atom stereocenters. The number of hydrogen-bond donors (Lipinski definition) is 0. The number of alkyl halides is 1. The average molecular weight is 506 g/mol. The zero-order valence-corrected chi connectivity index (χ0v) is 17.2. The summed E-state index contributed by atoms with van der Waals surface area (Å²) in [7, 11) is -3.57. The van der Waals surface area contributed by atoms with E-state index >= 15 is 0 Å². The van der Waals surface area contributed by atoms with E-state index in [9.17, 15) is 8.42 Å². The fourth-order valence-electron chi connectivity index (χ4n) is 2.32. The molecule has 1 aromatic carbocycles. The quantitative estimate of drug-likeness (QED) is 0.587. The van der Waals surface area contributed by atoms with Gasteiger partial charge in [0.2, 0.25) is 10.0 Å². The number of halogens is 3. The van der Waals surface area contributed by atoms with Gasteiger partial charge in [-0.25, -0.2) is 8.42 Å². The van der Waals surface area contributed by atoms with Gasteiger partial charge in [0.25, 0.3) is 0 Å². The Balaban J connectivity index is 2.41. The van der Waals surface area contributed by atoms with Gasteiger partial charge in [0.15, 0.2) is 0 Å². The maximum absolute atomic E-state index is 12.9. The minimum atomic E-state index is -3.57. The molecular weight excluding hydrogens is 490 g/mol. The van der Waals surface area contributed by atoms with Crippen LogP contribution in [0.3, 0.4) is 0 Å². The van der Waals surface area contributed by atoms with Gasteiger partial charge in [-0.1, -0.05) is 31.9 Å². The standard InChI is InChI=1S/C13H16Br3NO3S/c1-13(2)8-17(7-10(6-14)20-13)21(18,19)12-5-9(15)3-4-11(12)16/h3-5,10H,6-8H2,1-2H3. The second-order valence-corrected chi connectivity index (χ2v) is 9.85. The van der Waals surface area contributed by atoms with Gasteiger partial charge < -0.3 is 4.74 Å². The fourth-order valence-corrected chi connectivity index (χ4v) is 5.74. The number of sulfonamides is 1. The molecule has 0 saturated carbocycles. The molecule has 1 fully saturated rings. The first kappa shape index (κ1) is 17.9. The average Bonchev–Trinajstić information content (AvgIpc) is 2.39. The molecule has 21 heavy (non-hydrogen) atoms. The maximum Gasteiger partial charge on any atom is 0.244 e. The lowest BCUT2D eigenvalue weighted by Gasteiger charge is -2.41. The van der Waals surface area contributed by atoms with E-state index in [1.807, 2.05) is 13.8 Å². The third-order valence-corrected chi connectivity index (χ3v) is 7.15. The smallest absolute Gasteiger partial charge is 0.244 e. The number of hydrogen-bond acceptors (Lipinski definition) is 3. The predicted octanol–water partition coefficient (Wildman–Crippen LogP) is 3.77. The van der Waals surface area contributed by atoms with Crippen molar-refractivity contribution in [3.63, 3.8) is 0 Å². The van der Waals surface area contributed by atoms with Crippen molar-refractivity contribution in [2.24, 2.45) is 0 Å². The first-order valence-electron chi connectivity index (χ1n) is 6.35. The van der Waals surface area contributed by atoms with Crippen LogP contribution < -0.4 is 0 Å². The monoisotopic (exact) mass is 503 g/mol. The Morgan fingerprint density at radius 1 is 1.38 bits per heavy atom. The van der Waals surface area contributed by atoms with Crippen molar-refractivity contribution in [3.05, 3.63) is 27.1 Å². The molecule has 0 radical (unpaired) electrons. The summed E-state index contributed by atoms with van der Waals surface area (Å²) in [4.78, 5) is 0.267. The Morgan fingerprint density at radius 2 is 2.05 bits per heavy atom. The Hall–Kier alpha value is 0.530. The highest BCUT2D eigenvalue weighted by Crippen LogP contribution is 2.32. The largest absolute Gasteiger partial charge is 0.369 e. The van der Waals surface area contributed by atoms with Crippen molar-refractivity contribution in [1.29, 1.82) is 0 Å². The van der Waals surface area contributed by atoms with Gasteiger partial charge in [-0.05, 0) is 48.0 Å². The van der Waals surface area contributed by atoms with Crippen molar-refractivity contribution in [2.45, 2.75) is 30.4 Å². The normalized spacial score (nSPS) is 23.2. The van der Waals surface area contributed by atoms with Crippen molar-refractivity contribution in [1.82, 2.24) is 4.31 Å². The lowest BCUT2D eigenvalue weighted by atomic mass is 10.1. The van der Waals surface area contributed by atoms with Gasteiger partial charge in [-0.15, -0.1) is 0 Å². The number of benzene rings is 1. The number of morpholine rings is 1. The summed E-state index contributed by atoms with van der Waals surface area (Å²) in [5.74, 6) is 0. The molecule has 0 spiro atoms. The molecule has 0 aromatic heterocycles. The van der Waals surface area contributed by atoms with Gasteiger partial charge >= 0.3 is 0 Å². The molecule has 2 rings (SSSR count). The van der Waals surface area contributed by atoms with Crippen LogP contribution in [0.1, 0.15) is 13.8 Å². The Morgan fingerprint density at radius 3 is 2.67 bits per heavy atom. The summed E-state index contributed by atoms with van der Waals surface area (Å²) in [5.41, 5.74) is -0.512. The van der Waals surface area contributed by atoms with Crippen LogP contribution in [0.25, 0.3) is 0 Å². The molecule has 0 N–H and O–H groups in total. The summed E-state index contributed by atoms with van der Waals surface area (Å²) < 4.78 is 34.5. The second kappa shape index (κ2) is 6.57.